The molecule has 0 aliphatic heterocycles. The van der Waals surface area contributed by atoms with E-state index in [1.54, 1.807) is 18.3 Å². The van der Waals surface area contributed by atoms with Gasteiger partial charge in [0.05, 0.1) is 30.9 Å². The lowest BCUT2D eigenvalue weighted by atomic mass is 10.1. The number of aliphatic hydroxyl groups is 2. The number of ketones is 1. The Morgan fingerprint density at radius 3 is 2.83 bits per heavy atom. The molecule has 0 unspecified atom stereocenters. The van der Waals surface area contributed by atoms with Crippen molar-refractivity contribution in [1.82, 2.24) is 19.7 Å². The topological polar surface area (TPSA) is 183 Å². The average molecular weight is 507 g/mol. The van der Waals surface area contributed by atoms with E-state index in [0.29, 0.717) is 5.56 Å². The summed E-state index contributed by atoms with van der Waals surface area (Å²) in [5, 5.41) is 32.7. The molecule has 14 heteroatoms. The number of anilines is 1. The molecule has 35 heavy (non-hydrogen) atoms. The van der Waals surface area contributed by atoms with E-state index in [2.05, 4.69) is 24.6 Å². The number of hydrogen-bond acceptors (Lipinski definition) is 10. The number of aliphatic hydroxyl groups excluding tert-OH is 2. The van der Waals surface area contributed by atoms with Gasteiger partial charge in [0.15, 0.2) is 0 Å². The minimum atomic E-state index is -4.20. The van der Waals surface area contributed by atoms with Crippen molar-refractivity contribution in [1.29, 1.82) is 0 Å². The fourth-order valence-electron chi connectivity index (χ4n) is 3.93. The summed E-state index contributed by atoms with van der Waals surface area (Å²) in [5.41, 5.74) is 0.854. The molecule has 4 atom stereocenters. The van der Waals surface area contributed by atoms with E-state index in [0.717, 1.165) is 0 Å². The van der Waals surface area contributed by atoms with E-state index < -0.39 is 46.9 Å². The molecule has 0 spiro atoms. The maximum atomic E-state index is 13.4. The largest absolute Gasteiger partial charge is 0.390 e. The molecule has 5 N–H and O–H groups in total. The highest BCUT2D eigenvalue weighted by Gasteiger charge is 2.42. The van der Waals surface area contributed by atoms with Gasteiger partial charge in [-0.1, -0.05) is 12.1 Å². The van der Waals surface area contributed by atoms with Gasteiger partial charge in [-0.2, -0.15) is 13.5 Å². The molecule has 1 fully saturated rings. The van der Waals surface area contributed by atoms with Crippen molar-refractivity contribution in [2.24, 2.45) is 11.1 Å². The first kappa shape index (κ1) is 24.8. The zero-order valence-corrected chi connectivity index (χ0v) is 19.0. The molecule has 0 amide bonds. The average Bonchev–Trinajstić information content (AvgIpc) is 3.37. The molecule has 0 radical (unpaired) electrons. The summed E-state index contributed by atoms with van der Waals surface area (Å²) >= 11 is 0. The minimum Gasteiger partial charge on any atom is -0.390 e. The van der Waals surface area contributed by atoms with Crippen LogP contribution in [-0.2, 0) is 21.0 Å². The monoisotopic (exact) mass is 506 g/mol. The third kappa shape index (κ3) is 6.04. The summed E-state index contributed by atoms with van der Waals surface area (Å²) < 4.78 is 41.5. The van der Waals surface area contributed by atoms with Crippen molar-refractivity contribution >= 4 is 21.9 Å². The first-order valence-electron chi connectivity index (χ1n) is 10.5. The summed E-state index contributed by atoms with van der Waals surface area (Å²) in [7, 11) is -4.20. The van der Waals surface area contributed by atoms with Crippen LogP contribution < -0.4 is 10.5 Å². The minimum absolute atomic E-state index is 0.0782. The molecular weight excluding hydrogens is 483 g/mol. The zero-order chi connectivity index (χ0) is 25.2. The van der Waals surface area contributed by atoms with Gasteiger partial charge in [-0.25, -0.2) is 19.5 Å². The van der Waals surface area contributed by atoms with Gasteiger partial charge in [-0.05, 0) is 30.2 Å². The summed E-state index contributed by atoms with van der Waals surface area (Å²) in [6.45, 7) is -0.150. The number of carbonyl (C=O) groups excluding carboxylic acids is 1. The number of carbonyl (C=O) groups is 1. The van der Waals surface area contributed by atoms with E-state index >= 15 is 0 Å². The molecule has 186 valence electrons. The van der Waals surface area contributed by atoms with Gasteiger partial charge >= 0.3 is 10.3 Å². The number of aromatic nitrogens is 4. The van der Waals surface area contributed by atoms with Crippen molar-refractivity contribution in [3.05, 3.63) is 71.7 Å². The summed E-state index contributed by atoms with van der Waals surface area (Å²) in [5.74, 6) is -1.48. The molecular formula is C21H23FN6O6S. The van der Waals surface area contributed by atoms with Gasteiger partial charge in [0.1, 0.15) is 29.8 Å². The molecule has 0 bridgehead atoms. The number of nitrogens with one attached hydrogen (secondary N) is 1. The molecule has 1 aromatic carbocycles. The van der Waals surface area contributed by atoms with Gasteiger partial charge in [0.25, 0.3) is 0 Å². The van der Waals surface area contributed by atoms with E-state index in [-0.39, 0.29) is 35.9 Å². The highest BCUT2D eigenvalue weighted by molar-refractivity contribution is 7.84. The van der Waals surface area contributed by atoms with Crippen LogP contribution in [0.1, 0.15) is 28.0 Å². The lowest BCUT2D eigenvalue weighted by Gasteiger charge is -2.19. The van der Waals surface area contributed by atoms with Crippen molar-refractivity contribution in [2.75, 3.05) is 11.9 Å². The maximum absolute atomic E-state index is 13.4. The molecule has 12 nitrogen and oxygen atoms in total. The summed E-state index contributed by atoms with van der Waals surface area (Å²) in [6, 6.07) is 6.78. The van der Waals surface area contributed by atoms with Crippen molar-refractivity contribution in [2.45, 2.75) is 31.2 Å². The van der Waals surface area contributed by atoms with Gasteiger partial charge in [-0.15, -0.1) is 0 Å². The van der Waals surface area contributed by atoms with Crippen LogP contribution in [0.25, 0.3) is 0 Å². The van der Waals surface area contributed by atoms with Crippen LogP contribution in [-0.4, -0.2) is 69.0 Å². The molecule has 1 saturated carbocycles. The van der Waals surface area contributed by atoms with E-state index in [1.165, 1.54) is 35.4 Å². The second-order valence-corrected chi connectivity index (χ2v) is 9.37. The number of benzene rings is 1. The molecule has 3 aromatic rings. The predicted molar refractivity (Wildman–Crippen MR) is 120 cm³/mol. The summed E-state index contributed by atoms with van der Waals surface area (Å²) in [6.07, 6.45) is 1.64. The zero-order valence-electron chi connectivity index (χ0n) is 18.2. The molecule has 4 rings (SSSR count). The van der Waals surface area contributed by atoms with E-state index in [4.69, 9.17) is 5.14 Å². The van der Waals surface area contributed by atoms with Crippen molar-refractivity contribution in [3.8, 4) is 0 Å². The quantitative estimate of drug-likeness (QED) is 0.284. The molecule has 2 heterocycles. The first-order chi connectivity index (χ1) is 16.6. The third-order valence-electron chi connectivity index (χ3n) is 5.63. The van der Waals surface area contributed by atoms with Crippen LogP contribution in [0.15, 0.2) is 49.1 Å². The second-order valence-electron chi connectivity index (χ2n) is 8.15. The molecule has 2 aromatic heterocycles. The lowest BCUT2D eigenvalue weighted by Crippen LogP contribution is -2.36. The number of hydrogen-bond donors (Lipinski definition) is 4. The Balaban J connectivity index is 1.47. The molecule has 1 aliphatic carbocycles. The standard InChI is InChI=1S/C21H23FN6O6S/c22-14-3-1-2-12(6-14)9-28-5-4-16(27-28)19(30)15-8-24-11-25-21(15)26-17-7-13(18(29)20(17)31)10-34-35(23,32)33/h1-6,8,11,13,17-18,20,29,31H,7,9-10H2,(H2,23,32,33)(H,24,25,26)/t13-,17-,18-,20+/m1/s1. The predicted octanol–water partition coefficient (Wildman–Crippen LogP) is -0.166. The van der Waals surface area contributed by atoms with Crippen LogP contribution in [0, 0.1) is 11.7 Å². The smallest absolute Gasteiger partial charge is 0.333 e. The lowest BCUT2D eigenvalue weighted by molar-refractivity contribution is 0.00778. The first-order valence-corrected chi connectivity index (χ1v) is 12.0. The fraction of sp³-hybridized carbons (Fsp3) is 0.333. The number of nitrogens with two attached hydrogens (primary N) is 1. The second kappa shape index (κ2) is 10.1. The van der Waals surface area contributed by atoms with Crippen molar-refractivity contribution in [3.63, 3.8) is 0 Å². The number of rotatable bonds is 9. The Morgan fingerprint density at radius 1 is 1.29 bits per heavy atom. The van der Waals surface area contributed by atoms with Crippen LogP contribution in [0.5, 0.6) is 0 Å². The van der Waals surface area contributed by atoms with E-state index in [1.807, 2.05) is 0 Å². The van der Waals surface area contributed by atoms with Crippen LogP contribution >= 0.6 is 0 Å². The fourth-order valence-corrected chi connectivity index (χ4v) is 4.30. The van der Waals surface area contributed by atoms with Crippen LogP contribution in [0.2, 0.25) is 0 Å². The van der Waals surface area contributed by atoms with Gasteiger partial charge in [-0.3, -0.25) is 13.7 Å². The van der Waals surface area contributed by atoms with Crippen LogP contribution in [0.4, 0.5) is 10.2 Å². The van der Waals surface area contributed by atoms with Gasteiger partial charge < -0.3 is 15.5 Å². The number of nitrogens with zero attached hydrogens (tertiary/aromatic N) is 4. The Kier molecular flexibility index (Phi) is 7.18. The Labute approximate surface area is 199 Å². The van der Waals surface area contributed by atoms with Crippen LogP contribution in [0.3, 0.4) is 0 Å². The molecule has 0 saturated heterocycles. The Morgan fingerprint density at radius 2 is 2.09 bits per heavy atom. The maximum Gasteiger partial charge on any atom is 0.333 e. The molecule has 1 aliphatic rings. The highest BCUT2D eigenvalue weighted by Crippen LogP contribution is 2.30. The van der Waals surface area contributed by atoms with Crippen molar-refractivity contribution < 1.29 is 32.0 Å². The highest BCUT2D eigenvalue weighted by atomic mass is 32.2. The Bertz CT molecular complexity index is 1320. The summed E-state index contributed by atoms with van der Waals surface area (Å²) in [4.78, 5) is 21.1. The van der Waals surface area contributed by atoms with Gasteiger partial charge in [0.2, 0.25) is 5.78 Å². The third-order valence-corrected chi connectivity index (χ3v) is 6.10. The number of halogens is 1. The SMILES string of the molecule is NS(=O)(=O)OC[C@H]1C[C@@H](Nc2ncncc2C(=O)c2ccn(Cc3cccc(F)c3)n2)[C@H](O)[C@@H]1O. The Hall–Kier alpha value is -3.30. The van der Waals surface area contributed by atoms with E-state index in [9.17, 15) is 27.8 Å². The van der Waals surface area contributed by atoms with Gasteiger partial charge in [0, 0.05) is 18.3 Å². The normalized spacial score (nSPS) is 22.3.